The highest BCUT2D eigenvalue weighted by atomic mass is 35.5. The van der Waals surface area contributed by atoms with Crippen LogP contribution in [-0.4, -0.2) is 48.0 Å². The fraction of sp³-hybridized carbons (Fsp3) is 0.412. The number of aromatic amines is 1. The van der Waals surface area contributed by atoms with Crippen LogP contribution in [0.4, 0.5) is 0 Å². The van der Waals surface area contributed by atoms with E-state index < -0.39 is 10.0 Å². The lowest BCUT2D eigenvalue weighted by Crippen LogP contribution is -2.46. The Hall–Kier alpha value is -1.90. The van der Waals surface area contributed by atoms with Crippen molar-refractivity contribution in [2.24, 2.45) is 0 Å². The topological polar surface area (TPSA) is 95.2 Å². The summed E-state index contributed by atoms with van der Waals surface area (Å²) in [4.78, 5) is 12.6. The molecule has 9 heteroatoms. The van der Waals surface area contributed by atoms with Crippen LogP contribution in [0, 0.1) is 13.8 Å². The molecule has 0 atom stereocenters. The van der Waals surface area contributed by atoms with Gasteiger partial charge in [0.15, 0.2) is 0 Å². The highest BCUT2D eigenvalue weighted by Gasteiger charge is 2.33. The minimum absolute atomic E-state index is 0.0863. The Morgan fingerprint density at radius 1 is 1.27 bits per heavy atom. The number of aromatic nitrogens is 2. The molecule has 1 aliphatic rings. The summed E-state index contributed by atoms with van der Waals surface area (Å²) in [5, 5.41) is 10.0. The van der Waals surface area contributed by atoms with E-state index in [9.17, 15) is 13.2 Å². The molecule has 140 valence electrons. The predicted octanol–water partition coefficient (Wildman–Crippen LogP) is 2.26. The molecule has 0 spiro atoms. The van der Waals surface area contributed by atoms with Gasteiger partial charge in [-0.1, -0.05) is 23.7 Å². The van der Waals surface area contributed by atoms with Crippen molar-refractivity contribution >= 4 is 27.5 Å². The van der Waals surface area contributed by atoms with E-state index in [1.807, 2.05) is 0 Å². The van der Waals surface area contributed by atoms with Gasteiger partial charge in [-0.3, -0.25) is 9.89 Å². The molecule has 2 N–H and O–H groups in total. The summed E-state index contributed by atoms with van der Waals surface area (Å²) in [5.41, 5.74) is 1.43. The monoisotopic (exact) mass is 396 g/mol. The number of hydrogen-bond donors (Lipinski definition) is 2. The molecule has 0 aliphatic carbocycles. The third-order valence-corrected chi connectivity index (χ3v) is 7.06. The van der Waals surface area contributed by atoms with Crippen LogP contribution >= 0.6 is 11.6 Å². The first-order valence-corrected chi connectivity index (χ1v) is 10.2. The number of carbonyl (C=O) groups excluding carboxylic acids is 1. The number of benzene rings is 1. The molecule has 3 rings (SSSR count). The normalized spacial score (nSPS) is 16.6. The smallest absolute Gasteiger partial charge is 0.253 e. The second-order valence-corrected chi connectivity index (χ2v) is 8.68. The van der Waals surface area contributed by atoms with Crippen molar-refractivity contribution in [3.63, 3.8) is 0 Å². The van der Waals surface area contributed by atoms with Gasteiger partial charge in [0, 0.05) is 19.1 Å². The Kier molecular flexibility index (Phi) is 5.36. The number of halogens is 1. The maximum absolute atomic E-state index is 12.8. The van der Waals surface area contributed by atoms with E-state index in [1.165, 1.54) is 4.31 Å². The molecule has 1 aromatic heterocycles. The SMILES string of the molecule is Cc1n[nH]c(C)c1S(=O)(=O)N1CCC(NC(=O)c2ccccc2Cl)CC1. The zero-order valence-electron chi connectivity index (χ0n) is 14.6. The summed E-state index contributed by atoms with van der Waals surface area (Å²) in [6.45, 7) is 4.07. The largest absolute Gasteiger partial charge is 0.349 e. The molecule has 1 amide bonds. The fourth-order valence-corrected chi connectivity index (χ4v) is 5.22. The third kappa shape index (κ3) is 3.62. The number of nitrogens with one attached hydrogen (secondary N) is 2. The van der Waals surface area contributed by atoms with Gasteiger partial charge in [-0.25, -0.2) is 8.42 Å². The van der Waals surface area contributed by atoms with Crippen molar-refractivity contribution in [1.82, 2.24) is 19.8 Å². The number of amides is 1. The fourth-order valence-electron chi connectivity index (χ4n) is 3.20. The molecule has 0 radical (unpaired) electrons. The number of hydrogen-bond acceptors (Lipinski definition) is 4. The predicted molar refractivity (Wildman–Crippen MR) is 98.8 cm³/mol. The zero-order valence-corrected chi connectivity index (χ0v) is 16.2. The minimum Gasteiger partial charge on any atom is -0.349 e. The summed E-state index contributed by atoms with van der Waals surface area (Å²) in [7, 11) is -3.59. The maximum atomic E-state index is 12.8. The summed E-state index contributed by atoms with van der Waals surface area (Å²) >= 11 is 6.05. The average molecular weight is 397 g/mol. The van der Waals surface area contributed by atoms with Gasteiger partial charge >= 0.3 is 0 Å². The van der Waals surface area contributed by atoms with Crippen LogP contribution in [0.15, 0.2) is 29.2 Å². The number of carbonyl (C=O) groups is 1. The van der Waals surface area contributed by atoms with Gasteiger partial charge in [0.1, 0.15) is 4.90 Å². The molecule has 26 heavy (non-hydrogen) atoms. The summed E-state index contributed by atoms with van der Waals surface area (Å²) in [5.74, 6) is -0.238. The lowest BCUT2D eigenvalue weighted by Gasteiger charge is -2.31. The van der Waals surface area contributed by atoms with Crippen molar-refractivity contribution in [2.45, 2.75) is 37.6 Å². The van der Waals surface area contributed by atoms with E-state index in [1.54, 1.807) is 38.1 Å². The van der Waals surface area contributed by atoms with Crippen LogP contribution < -0.4 is 5.32 Å². The molecule has 0 saturated carbocycles. The number of aryl methyl sites for hydroxylation is 2. The van der Waals surface area contributed by atoms with E-state index in [2.05, 4.69) is 15.5 Å². The molecule has 2 heterocycles. The van der Waals surface area contributed by atoms with Gasteiger partial charge < -0.3 is 5.32 Å². The average Bonchev–Trinajstić information content (AvgIpc) is 2.95. The van der Waals surface area contributed by atoms with E-state index in [0.717, 1.165) is 0 Å². The van der Waals surface area contributed by atoms with E-state index in [0.29, 0.717) is 47.9 Å². The van der Waals surface area contributed by atoms with Crippen LogP contribution in [0.1, 0.15) is 34.6 Å². The number of piperidine rings is 1. The van der Waals surface area contributed by atoms with Gasteiger partial charge in [0.05, 0.1) is 22.0 Å². The number of sulfonamides is 1. The second kappa shape index (κ2) is 7.38. The van der Waals surface area contributed by atoms with Gasteiger partial charge in [-0.2, -0.15) is 9.40 Å². The molecular weight excluding hydrogens is 376 g/mol. The Morgan fingerprint density at radius 3 is 2.50 bits per heavy atom. The Bertz CT molecular complexity index is 898. The molecule has 1 aliphatic heterocycles. The Labute approximate surface area is 157 Å². The summed E-state index contributed by atoms with van der Waals surface area (Å²) in [6.07, 6.45) is 1.09. The first kappa shape index (κ1) is 18.9. The van der Waals surface area contributed by atoms with Gasteiger partial charge in [0.25, 0.3) is 5.91 Å². The molecule has 2 aromatic rings. The molecule has 1 aromatic carbocycles. The lowest BCUT2D eigenvalue weighted by atomic mass is 10.1. The van der Waals surface area contributed by atoms with Crippen LogP contribution in [0.5, 0.6) is 0 Å². The molecular formula is C17H21ClN4O3S. The number of nitrogens with zero attached hydrogens (tertiary/aromatic N) is 2. The van der Waals surface area contributed by atoms with Crippen LogP contribution in [0.2, 0.25) is 5.02 Å². The number of rotatable bonds is 4. The summed E-state index contributed by atoms with van der Waals surface area (Å²) in [6, 6.07) is 6.77. The van der Waals surface area contributed by atoms with Crippen molar-refractivity contribution in [3.05, 3.63) is 46.2 Å². The molecule has 1 fully saturated rings. The minimum atomic E-state index is -3.59. The van der Waals surface area contributed by atoms with Crippen LogP contribution in [0.3, 0.4) is 0 Å². The van der Waals surface area contributed by atoms with Crippen molar-refractivity contribution < 1.29 is 13.2 Å². The van der Waals surface area contributed by atoms with Gasteiger partial charge in [-0.05, 0) is 38.8 Å². The van der Waals surface area contributed by atoms with Crippen LogP contribution in [-0.2, 0) is 10.0 Å². The number of H-pyrrole nitrogens is 1. The van der Waals surface area contributed by atoms with Gasteiger partial charge in [0.2, 0.25) is 10.0 Å². The van der Waals surface area contributed by atoms with Crippen molar-refractivity contribution in [2.75, 3.05) is 13.1 Å². The third-order valence-electron chi connectivity index (χ3n) is 4.57. The first-order chi connectivity index (χ1) is 12.3. The van der Waals surface area contributed by atoms with Gasteiger partial charge in [-0.15, -0.1) is 0 Å². The van der Waals surface area contributed by atoms with E-state index in [4.69, 9.17) is 11.6 Å². The molecule has 1 saturated heterocycles. The lowest BCUT2D eigenvalue weighted by molar-refractivity contribution is 0.0924. The highest BCUT2D eigenvalue weighted by Crippen LogP contribution is 2.25. The Balaban J connectivity index is 1.64. The van der Waals surface area contributed by atoms with E-state index >= 15 is 0 Å². The second-order valence-electron chi connectivity index (χ2n) is 6.39. The molecule has 0 unspecified atom stereocenters. The quantitative estimate of drug-likeness (QED) is 0.828. The highest BCUT2D eigenvalue weighted by molar-refractivity contribution is 7.89. The molecule has 0 bridgehead atoms. The standard InChI is InChI=1S/C17H21ClN4O3S/c1-11-16(12(2)21-20-11)26(24,25)22-9-7-13(8-10-22)19-17(23)14-5-3-4-6-15(14)18/h3-6,13H,7-10H2,1-2H3,(H,19,23)(H,20,21). The Morgan fingerprint density at radius 2 is 1.92 bits per heavy atom. The molecule has 7 nitrogen and oxygen atoms in total. The van der Waals surface area contributed by atoms with E-state index in [-0.39, 0.29) is 16.8 Å². The van der Waals surface area contributed by atoms with Crippen molar-refractivity contribution in [1.29, 1.82) is 0 Å². The zero-order chi connectivity index (χ0) is 18.9. The first-order valence-electron chi connectivity index (χ1n) is 8.38. The van der Waals surface area contributed by atoms with Crippen molar-refractivity contribution in [3.8, 4) is 0 Å². The van der Waals surface area contributed by atoms with Crippen LogP contribution in [0.25, 0.3) is 0 Å². The maximum Gasteiger partial charge on any atom is 0.253 e. The summed E-state index contributed by atoms with van der Waals surface area (Å²) < 4.78 is 27.1.